The number of methoxy groups -OCH3 is 1. The number of aryl methyl sites for hydroxylation is 2. The maximum absolute atomic E-state index is 14.4. The maximum atomic E-state index is 14.4. The van der Waals surface area contributed by atoms with E-state index in [1.807, 2.05) is 31.4 Å². The average molecular weight is 711 g/mol. The summed E-state index contributed by atoms with van der Waals surface area (Å²) in [6.45, 7) is 9.87. The van der Waals surface area contributed by atoms with Crippen molar-refractivity contribution < 1.29 is 33.4 Å². The molecule has 51 heavy (non-hydrogen) atoms. The van der Waals surface area contributed by atoms with Crippen molar-refractivity contribution in [3.05, 3.63) is 87.0 Å². The third kappa shape index (κ3) is 7.91. The molecule has 1 aliphatic carbocycles. The summed E-state index contributed by atoms with van der Waals surface area (Å²) >= 11 is 1.57. The first kappa shape index (κ1) is 35.6. The second kappa shape index (κ2) is 14.6. The number of rotatable bonds is 8. The first-order chi connectivity index (χ1) is 24.3. The summed E-state index contributed by atoms with van der Waals surface area (Å²) in [4.78, 5) is 58.4. The molecule has 1 aliphatic heterocycles. The number of carbonyl (C=O) groups excluding carboxylic acids is 4. The van der Waals surface area contributed by atoms with Crippen LogP contribution in [0.15, 0.2) is 47.8 Å². The van der Waals surface area contributed by atoms with Crippen LogP contribution in [0.5, 0.6) is 5.75 Å². The summed E-state index contributed by atoms with van der Waals surface area (Å²) in [5, 5.41) is 10.9. The predicted molar refractivity (Wildman–Crippen MR) is 196 cm³/mol. The number of benzene rings is 2. The molecule has 12 heteroatoms. The Morgan fingerprint density at radius 3 is 2.37 bits per heavy atom. The molecule has 0 bridgehead atoms. The molecule has 266 valence electrons. The zero-order valence-corrected chi connectivity index (χ0v) is 30.5. The highest BCUT2D eigenvalue weighted by molar-refractivity contribution is 7.13. The molecule has 1 saturated carbocycles. The van der Waals surface area contributed by atoms with Gasteiger partial charge in [0.25, 0.3) is 11.8 Å². The Balaban J connectivity index is 1.39. The molecule has 0 saturated heterocycles. The molecule has 2 aromatic heterocycles. The number of thiophene rings is 1. The number of ether oxygens (including phenoxy) is 3. The topological polar surface area (TPSA) is 145 Å². The SMILES string of the molecule is COC(=O)c1nc(C(=O)NC2CCC2)ccc1-c1cc2c(cc1C(=O)Nc1c(C)cc(CNC(=O)OC(C)(C)C)cc1C)-c1sccc1CCO2. The summed E-state index contributed by atoms with van der Waals surface area (Å²) in [6.07, 6.45) is 3.04. The number of nitrogens with zero attached hydrogens (tertiary/aromatic N) is 1. The lowest BCUT2D eigenvalue weighted by Gasteiger charge is -2.26. The molecule has 1 fully saturated rings. The molecule has 0 spiro atoms. The van der Waals surface area contributed by atoms with Gasteiger partial charge in [-0.3, -0.25) is 9.59 Å². The Morgan fingerprint density at radius 1 is 0.961 bits per heavy atom. The number of pyridine rings is 1. The van der Waals surface area contributed by atoms with Crippen LogP contribution in [0.4, 0.5) is 10.5 Å². The number of anilines is 1. The number of aromatic nitrogens is 1. The summed E-state index contributed by atoms with van der Waals surface area (Å²) in [5.41, 5.74) is 5.33. The molecule has 6 rings (SSSR count). The number of alkyl carbamates (subject to hydrolysis) is 1. The summed E-state index contributed by atoms with van der Waals surface area (Å²) in [5.74, 6) is -0.961. The number of hydrogen-bond acceptors (Lipinski definition) is 9. The van der Waals surface area contributed by atoms with Crippen LogP contribution in [-0.2, 0) is 22.4 Å². The van der Waals surface area contributed by atoms with Crippen LogP contribution >= 0.6 is 11.3 Å². The van der Waals surface area contributed by atoms with Crippen LogP contribution in [0.25, 0.3) is 21.6 Å². The van der Waals surface area contributed by atoms with Gasteiger partial charge in [0.1, 0.15) is 17.0 Å². The number of carbonyl (C=O) groups is 4. The van der Waals surface area contributed by atoms with Crippen LogP contribution < -0.4 is 20.7 Å². The Labute approximate surface area is 301 Å². The van der Waals surface area contributed by atoms with Gasteiger partial charge in [0.15, 0.2) is 5.69 Å². The van der Waals surface area contributed by atoms with Gasteiger partial charge in [0.2, 0.25) is 0 Å². The van der Waals surface area contributed by atoms with Crippen LogP contribution in [0.3, 0.4) is 0 Å². The summed E-state index contributed by atoms with van der Waals surface area (Å²) in [6, 6.07) is 12.7. The minimum Gasteiger partial charge on any atom is -0.493 e. The molecular formula is C39H42N4O7S. The monoisotopic (exact) mass is 710 g/mol. The fourth-order valence-corrected chi connectivity index (χ4v) is 7.19. The van der Waals surface area contributed by atoms with Gasteiger partial charge in [0.05, 0.1) is 13.7 Å². The van der Waals surface area contributed by atoms with Gasteiger partial charge < -0.3 is 30.2 Å². The minimum absolute atomic E-state index is 0.0822. The van der Waals surface area contributed by atoms with Crippen molar-refractivity contribution in [2.45, 2.75) is 78.5 Å². The molecule has 0 atom stereocenters. The Morgan fingerprint density at radius 2 is 1.71 bits per heavy atom. The minimum atomic E-state index is -0.742. The van der Waals surface area contributed by atoms with E-state index in [1.165, 1.54) is 7.11 Å². The molecule has 3 amide bonds. The molecule has 0 radical (unpaired) electrons. The average Bonchev–Trinajstić information content (AvgIpc) is 3.46. The first-order valence-corrected chi connectivity index (χ1v) is 17.9. The zero-order valence-electron chi connectivity index (χ0n) is 29.7. The van der Waals surface area contributed by atoms with E-state index in [1.54, 1.807) is 56.4 Å². The molecule has 4 aromatic rings. The summed E-state index contributed by atoms with van der Waals surface area (Å²) < 4.78 is 16.7. The van der Waals surface area contributed by atoms with E-state index in [0.29, 0.717) is 35.6 Å². The number of hydrogen-bond donors (Lipinski definition) is 3. The van der Waals surface area contributed by atoms with Crippen molar-refractivity contribution in [1.82, 2.24) is 15.6 Å². The Hall–Kier alpha value is -5.23. The fourth-order valence-electron chi connectivity index (χ4n) is 6.22. The lowest BCUT2D eigenvalue weighted by Crippen LogP contribution is -2.39. The number of fused-ring (bicyclic) bond motifs is 3. The second-order valence-electron chi connectivity index (χ2n) is 13.9. The van der Waals surface area contributed by atoms with Crippen molar-refractivity contribution in [2.75, 3.05) is 19.0 Å². The van der Waals surface area contributed by atoms with E-state index in [9.17, 15) is 19.2 Å². The van der Waals surface area contributed by atoms with Crippen molar-refractivity contribution in [1.29, 1.82) is 0 Å². The van der Waals surface area contributed by atoms with Gasteiger partial charge >= 0.3 is 12.1 Å². The highest BCUT2D eigenvalue weighted by Crippen LogP contribution is 2.43. The quantitative estimate of drug-likeness (QED) is 0.161. The third-order valence-electron chi connectivity index (χ3n) is 8.89. The first-order valence-electron chi connectivity index (χ1n) is 17.0. The van der Waals surface area contributed by atoms with Crippen LogP contribution in [0.2, 0.25) is 0 Å². The standard InChI is InChI=1S/C39H42N4O7S/c1-21-16-23(20-40-38(47)50-39(3,4)5)17-22(2)32(21)43-35(44)28-18-29-31(49-14-12-24-13-15-51-34(24)29)19-27(28)26-10-11-30(42-33(26)37(46)48-6)36(45)41-25-8-7-9-25/h10-11,13,15-19,25H,7-9,12,14,20H2,1-6H3,(H,40,47)(H,41,45)(H,43,44). The van der Waals surface area contributed by atoms with E-state index in [0.717, 1.165) is 52.0 Å². The fraction of sp³-hybridized carbons (Fsp3) is 0.359. The highest BCUT2D eigenvalue weighted by Gasteiger charge is 2.28. The largest absolute Gasteiger partial charge is 0.493 e. The van der Waals surface area contributed by atoms with Gasteiger partial charge in [0, 0.05) is 51.8 Å². The molecule has 11 nitrogen and oxygen atoms in total. The van der Waals surface area contributed by atoms with Crippen molar-refractivity contribution >= 4 is 40.9 Å². The molecule has 3 N–H and O–H groups in total. The Kier molecular flexibility index (Phi) is 10.2. The van der Waals surface area contributed by atoms with E-state index in [2.05, 4.69) is 27.0 Å². The van der Waals surface area contributed by atoms with Crippen molar-refractivity contribution in [3.8, 4) is 27.3 Å². The third-order valence-corrected chi connectivity index (χ3v) is 9.88. The highest BCUT2D eigenvalue weighted by atomic mass is 32.1. The molecular weight excluding hydrogens is 669 g/mol. The molecule has 0 unspecified atom stereocenters. The lowest BCUT2D eigenvalue weighted by atomic mass is 9.92. The maximum Gasteiger partial charge on any atom is 0.407 e. The second-order valence-corrected chi connectivity index (χ2v) is 14.8. The van der Waals surface area contributed by atoms with Gasteiger partial charge in [-0.1, -0.05) is 12.1 Å². The van der Waals surface area contributed by atoms with Gasteiger partial charge in [-0.05, 0) is 112 Å². The van der Waals surface area contributed by atoms with Gasteiger partial charge in [-0.15, -0.1) is 11.3 Å². The summed E-state index contributed by atoms with van der Waals surface area (Å²) in [7, 11) is 1.25. The van der Waals surface area contributed by atoms with E-state index < -0.39 is 23.6 Å². The predicted octanol–water partition coefficient (Wildman–Crippen LogP) is 7.37. The van der Waals surface area contributed by atoms with E-state index in [4.69, 9.17) is 14.2 Å². The smallest absolute Gasteiger partial charge is 0.407 e. The van der Waals surface area contributed by atoms with Crippen molar-refractivity contribution in [3.63, 3.8) is 0 Å². The van der Waals surface area contributed by atoms with Gasteiger partial charge in [-0.2, -0.15) is 0 Å². The number of esters is 1. The van der Waals surface area contributed by atoms with Crippen LogP contribution in [0, 0.1) is 13.8 Å². The van der Waals surface area contributed by atoms with E-state index in [-0.39, 0.29) is 35.4 Å². The normalized spacial score (nSPS) is 13.8. The Bertz CT molecular complexity index is 2000. The van der Waals surface area contributed by atoms with Crippen LogP contribution in [0.1, 0.15) is 93.6 Å². The van der Waals surface area contributed by atoms with Crippen molar-refractivity contribution in [2.24, 2.45) is 0 Å². The number of amides is 3. The lowest BCUT2D eigenvalue weighted by molar-refractivity contribution is 0.0521. The van der Waals surface area contributed by atoms with Gasteiger partial charge in [-0.25, -0.2) is 14.6 Å². The molecule has 3 heterocycles. The van der Waals surface area contributed by atoms with Crippen LogP contribution in [-0.4, -0.2) is 54.2 Å². The molecule has 2 aromatic carbocycles. The number of nitrogens with one attached hydrogen (secondary N) is 3. The zero-order chi connectivity index (χ0) is 36.4. The molecule has 2 aliphatic rings. The van der Waals surface area contributed by atoms with E-state index >= 15 is 0 Å².